The molecule has 0 aromatic heterocycles. The highest BCUT2D eigenvalue weighted by atomic mass is 32.2. The minimum atomic E-state index is -1.64. The molecule has 0 N–H and O–H groups in total. The van der Waals surface area contributed by atoms with Crippen LogP contribution >= 0.6 is 12.2 Å². The molecule has 0 bridgehead atoms. The summed E-state index contributed by atoms with van der Waals surface area (Å²) in [4.78, 5) is 30.3. The van der Waals surface area contributed by atoms with E-state index >= 15 is 0 Å². The molecule has 3 aromatic rings. The van der Waals surface area contributed by atoms with Crippen LogP contribution < -0.4 is 4.90 Å². The Morgan fingerprint density at radius 2 is 1.46 bits per heavy atom. The SMILES string of the molecule is CN1C(=O)C(=CC2=CC=C(N(c3ccccc3)c3cccc4ccccc34)S2=O)C(=O)N(C)C1=S. The van der Waals surface area contributed by atoms with E-state index in [2.05, 4.69) is 0 Å². The Hall–Kier alpha value is -3.88. The molecular weight excluding hydrogens is 478 g/mol. The van der Waals surface area contributed by atoms with E-state index in [1.165, 1.54) is 30.0 Å². The van der Waals surface area contributed by atoms with Crippen LogP contribution in [-0.4, -0.2) is 45.0 Å². The second-order valence-corrected chi connectivity index (χ2v) is 9.87. The van der Waals surface area contributed by atoms with Crippen molar-refractivity contribution in [1.29, 1.82) is 0 Å². The Morgan fingerprint density at radius 3 is 2.17 bits per heavy atom. The summed E-state index contributed by atoms with van der Waals surface area (Å²) in [5.41, 5.74) is 1.65. The number of para-hydroxylation sites is 1. The highest BCUT2D eigenvalue weighted by Crippen LogP contribution is 2.39. The van der Waals surface area contributed by atoms with Gasteiger partial charge in [0.2, 0.25) is 0 Å². The number of likely N-dealkylation sites (N-methyl/N-ethyl adjacent to an activating group) is 2. The lowest BCUT2D eigenvalue weighted by Gasteiger charge is -2.31. The molecule has 3 aromatic carbocycles. The van der Waals surface area contributed by atoms with Crippen LogP contribution in [0.4, 0.5) is 11.4 Å². The van der Waals surface area contributed by atoms with Crippen LogP contribution in [0.25, 0.3) is 10.8 Å². The van der Waals surface area contributed by atoms with E-state index in [9.17, 15) is 13.8 Å². The average molecular weight is 500 g/mol. The van der Waals surface area contributed by atoms with Gasteiger partial charge < -0.3 is 4.90 Å². The van der Waals surface area contributed by atoms with Crippen molar-refractivity contribution in [3.8, 4) is 0 Å². The summed E-state index contributed by atoms with van der Waals surface area (Å²) >= 11 is 5.16. The molecule has 6 nitrogen and oxygen atoms in total. The van der Waals surface area contributed by atoms with Crippen LogP contribution in [0, 0.1) is 0 Å². The molecule has 0 radical (unpaired) electrons. The number of benzene rings is 3. The number of fused-ring (bicyclic) bond motifs is 1. The molecule has 1 fully saturated rings. The fourth-order valence-electron chi connectivity index (χ4n) is 4.14. The van der Waals surface area contributed by atoms with Gasteiger partial charge in [0, 0.05) is 30.1 Å². The second kappa shape index (κ2) is 9.05. The number of amides is 2. The third-order valence-corrected chi connectivity index (χ3v) is 7.90. The van der Waals surface area contributed by atoms with E-state index in [-0.39, 0.29) is 10.7 Å². The van der Waals surface area contributed by atoms with Crippen molar-refractivity contribution in [3.63, 3.8) is 0 Å². The number of nitrogens with zero attached hydrogens (tertiary/aromatic N) is 3. The van der Waals surface area contributed by atoms with Crippen molar-refractivity contribution in [3.05, 3.63) is 107 Å². The highest BCUT2D eigenvalue weighted by Gasteiger charge is 2.36. The van der Waals surface area contributed by atoms with E-state index in [1.54, 1.807) is 12.2 Å². The summed E-state index contributed by atoms with van der Waals surface area (Å²) in [5.74, 6) is -1.03. The van der Waals surface area contributed by atoms with Gasteiger partial charge in [0.25, 0.3) is 11.8 Å². The quantitative estimate of drug-likeness (QED) is 0.298. The monoisotopic (exact) mass is 499 g/mol. The van der Waals surface area contributed by atoms with Gasteiger partial charge in [-0.1, -0.05) is 54.6 Å². The Labute approximate surface area is 210 Å². The molecule has 2 aliphatic heterocycles. The normalized spacial score (nSPS) is 18.2. The number of carbonyl (C=O) groups is 2. The topological polar surface area (TPSA) is 60.9 Å². The fraction of sp³-hybridized carbons (Fsp3) is 0.0741. The molecule has 2 heterocycles. The van der Waals surface area contributed by atoms with Crippen molar-refractivity contribution in [1.82, 2.24) is 9.80 Å². The van der Waals surface area contributed by atoms with E-state index < -0.39 is 22.6 Å². The number of thiocarbonyl (C=S) groups is 1. The molecule has 174 valence electrons. The second-order valence-electron chi connectivity index (χ2n) is 8.08. The van der Waals surface area contributed by atoms with Gasteiger partial charge in [-0.05, 0) is 54.0 Å². The van der Waals surface area contributed by atoms with Gasteiger partial charge >= 0.3 is 0 Å². The first-order valence-electron chi connectivity index (χ1n) is 10.9. The van der Waals surface area contributed by atoms with Crippen molar-refractivity contribution in [2.45, 2.75) is 0 Å². The Balaban J connectivity index is 1.56. The summed E-state index contributed by atoms with van der Waals surface area (Å²) in [5, 5.41) is 2.74. The molecular formula is C27H21N3O3S2. The van der Waals surface area contributed by atoms with Gasteiger partial charge in [-0.25, -0.2) is 4.21 Å². The van der Waals surface area contributed by atoms with E-state index in [4.69, 9.17) is 12.2 Å². The van der Waals surface area contributed by atoms with Crippen molar-refractivity contribution in [2.75, 3.05) is 19.0 Å². The molecule has 1 atom stereocenters. The van der Waals surface area contributed by atoms with Gasteiger partial charge in [0.15, 0.2) is 5.11 Å². The third kappa shape index (κ3) is 3.90. The minimum Gasteiger partial charge on any atom is -0.302 e. The summed E-state index contributed by atoms with van der Waals surface area (Å²) in [6, 6.07) is 23.7. The van der Waals surface area contributed by atoms with Crippen LogP contribution in [-0.2, 0) is 20.4 Å². The van der Waals surface area contributed by atoms with Gasteiger partial charge in [0.1, 0.15) is 21.4 Å². The highest BCUT2D eigenvalue weighted by molar-refractivity contribution is 7.93. The molecule has 1 saturated heterocycles. The lowest BCUT2D eigenvalue weighted by molar-refractivity contribution is -0.132. The standard InChI is InChI=1S/C27H21N3O3S2/c1-28-25(31)22(26(32)29(2)27(28)34)17-20-15-16-24(35(20)33)30(19-11-4-3-5-12-19)23-14-8-10-18-9-6-7-13-21(18)23/h3-17H,1-2H3. The Bertz CT molecular complexity index is 1480. The number of hydrogen-bond acceptors (Lipinski definition) is 5. The first-order chi connectivity index (χ1) is 16.9. The number of anilines is 2. The van der Waals surface area contributed by atoms with Crippen molar-refractivity contribution < 1.29 is 13.8 Å². The molecule has 1 unspecified atom stereocenters. The summed E-state index contributed by atoms with van der Waals surface area (Å²) in [6.45, 7) is 0. The van der Waals surface area contributed by atoms with Crippen LogP contribution in [0.15, 0.2) is 107 Å². The maximum atomic E-state index is 13.8. The third-order valence-electron chi connectivity index (χ3n) is 5.97. The molecule has 0 aliphatic carbocycles. The van der Waals surface area contributed by atoms with Crippen molar-refractivity contribution >= 4 is 62.1 Å². The lowest BCUT2D eigenvalue weighted by Crippen LogP contribution is -2.52. The first kappa shape index (κ1) is 22.9. The van der Waals surface area contributed by atoms with Gasteiger partial charge in [-0.2, -0.15) is 0 Å². The molecule has 2 amide bonds. The zero-order chi connectivity index (χ0) is 24.7. The number of allylic oxidation sites excluding steroid dienone is 3. The van der Waals surface area contributed by atoms with E-state index in [0.29, 0.717) is 9.93 Å². The fourth-order valence-corrected chi connectivity index (χ4v) is 5.52. The molecule has 35 heavy (non-hydrogen) atoms. The smallest absolute Gasteiger partial charge is 0.265 e. The van der Waals surface area contributed by atoms with Gasteiger partial charge in [-0.15, -0.1) is 0 Å². The Kier molecular flexibility index (Phi) is 5.92. The van der Waals surface area contributed by atoms with Crippen LogP contribution in [0.5, 0.6) is 0 Å². The Morgan fingerprint density at radius 1 is 0.829 bits per heavy atom. The van der Waals surface area contributed by atoms with Crippen LogP contribution in [0.3, 0.4) is 0 Å². The molecule has 5 rings (SSSR count). The maximum Gasteiger partial charge on any atom is 0.265 e. The summed E-state index contributed by atoms with van der Waals surface area (Å²) in [7, 11) is 1.40. The number of hydrogen-bond donors (Lipinski definition) is 0. The van der Waals surface area contributed by atoms with Crippen LogP contribution in [0.2, 0.25) is 0 Å². The summed E-state index contributed by atoms with van der Waals surface area (Å²) in [6.07, 6.45) is 4.87. The number of carbonyl (C=O) groups excluding carboxylic acids is 2. The van der Waals surface area contributed by atoms with Crippen LogP contribution in [0.1, 0.15) is 0 Å². The molecule has 2 aliphatic rings. The molecule has 8 heteroatoms. The van der Waals surface area contributed by atoms with E-state index in [0.717, 1.165) is 22.1 Å². The maximum absolute atomic E-state index is 13.8. The predicted octanol–water partition coefficient (Wildman–Crippen LogP) is 4.61. The zero-order valence-corrected chi connectivity index (χ0v) is 20.7. The van der Waals surface area contributed by atoms with Gasteiger partial charge in [0.05, 0.1) is 5.69 Å². The van der Waals surface area contributed by atoms with Crippen molar-refractivity contribution in [2.24, 2.45) is 0 Å². The van der Waals surface area contributed by atoms with E-state index in [1.807, 2.05) is 77.7 Å². The molecule has 0 saturated carbocycles. The lowest BCUT2D eigenvalue weighted by atomic mass is 10.1. The minimum absolute atomic E-state index is 0.0747. The zero-order valence-electron chi connectivity index (χ0n) is 19.0. The molecule has 0 spiro atoms. The number of rotatable bonds is 4. The largest absolute Gasteiger partial charge is 0.302 e. The average Bonchev–Trinajstić information content (AvgIpc) is 3.24. The summed E-state index contributed by atoms with van der Waals surface area (Å²) < 4.78 is 13.8. The predicted molar refractivity (Wildman–Crippen MR) is 143 cm³/mol. The first-order valence-corrected chi connectivity index (χ1v) is 12.4. The van der Waals surface area contributed by atoms with Gasteiger partial charge in [-0.3, -0.25) is 19.4 Å².